The maximum Gasteiger partial charge on any atom is 0.323 e. The van der Waals surface area contributed by atoms with Crippen LogP contribution in [0.4, 0.5) is 21.9 Å². The first-order valence-corrected chi connectivity index (χ1v) is 14.8. The number of nitrogens with zero attached hydrogens (tertiary/aromatic N) is 1. The Morgan fingerprint density at radius 3 is 2.19 bits per heavy atom. The standard InChI is InChI=1S/C35H43N3O5/c1-24-11-7-8-12-28(24)36-33(41)37-29-18-13-25(21-30(29)42-6)22-31(39)38(5)27-16-14-26(15-17-27)35(19-9-10-20-35)23-32(40)43-34(2,3)4/h7-8,11-18,21H,9-10,19-20,22-23H2,1-6H3,(H2,36,37,41). The summed E-state index contributed by atoms with van der Waals surface area (Å²) in [7, 11) is 3.28. The molecule has 0 bridgehead atoms. The lowest BCUT2D eigenvalue weighted by Crippen LogP contribution is -2.31. The number of methoxy groups -OCH3 is 1. The quantitative estimate of drug-likeness (QED) is 0.255. The summed E-state index contributed by atoms with van der Waals surface area (Å²) >= 11 is 0. The largest absolute Gasteiger partial charge is 0.495 e. The number of aryl methyl sites for hydroxylation is 1. The van der Waals surface area contributed by atoms with Crippen molar-refractivity contribution in [2.75, 3.05) is 29.7 Å². The lowest BCUT2D eigenvalue weighted by Gasteiger charge is -2.31. The van der Waals surface area contributed by atoms with Crippen LogP contribution >= 0.6 is 0 Å². The first kappa shape index (κ1) is 31.6. The van der Waals surface area contributed by atoms with Crippen LogP contribution < -0.4 is 20.3 Å². The second-order valence-electron chi connectivity index (χ2n) is 12.4. The summed E-state index contributed by atoms with van der Waals surface area (Å²) in [5, 5.41) is 5.66. The number of urea groups is 1. The third-order valence-corrected chi connectivity index (χ3v) is 7.97. The van der Waals surface area contributed by atoms with Crippen LogP contribution in [-0.4, -0.2) is 37.7 Å². The molecule has 3 aromatic rings. The molecule has 3 amide bonds. The number of para-hydroxylation sites is 1. The molecule has 0 heterocycles. The van der Waals surface area contributed by atoms with Crippen molar-refractivity contribution in [2.45, 2.75) is 77.2 Å². The van der Waals surface area contributed by atoms with E-state index in [2.05, 4.69) is 10.6 Å². The molecule has 4 rings (SSSR count). The Morgan fingerprint density at radius 2 is 1.56 bits per heavy atom. The minimum Gasteiger partial charge on any atom is -0.495 e. The van der Waals surface area contributed by atoms with E-state index in [1.54, 1.807) is 30.1 Å². The van der Waals surface area contributed by atoms with E-state index in [-0.39, 0.29) is 29.7 Å². The maximum atomic E-state index is 13.2. The number of amides is 3. The highest BCUT2D eigenvalue weighted by molar-refractivity contribution is 6.01. The lowest BCUT2D eigenvalue weighted by atomic mass is 9.76. The van der Waals surface area contributed by atoms with Crippen LogP contribution in [0, 0.1) is 6.92 Å². The van der Waals surface area contributed by atoms with Crippen molar-refractivity contribution in [2.24, 2.45) is 0 Å². The van der Waals surface area contributed by atoms with Gasteiger partial charge in [-0.1, -0.05) is 49.2 Å². The highest BCUT2D eigenvalue weighted by Gasteiger charge is 2.39. The number of carbonyl (C=O) groups excluding carboxylic acids is 3. The van der Waals surface area contributed by atoms with Crippen molar-refractivity contribution in [1.29, 1.82) is 0 Å². The average molecular weight is 586 g/mol. The molecule has 0 atom stereocenters. The van der Waals surface area contributed by atoms with Gasteiger partial charge in [-0.3, -0.25) is 9.59 Å². The maximum absolute atomic E-state index is 13.2. The number of nitrogens with one attached hydrogen (secondary N) is 2. The smallest absolute Gasteiger partial charge is 0.323 e. The van der Waals surface area contributed by atoms with Gasteiger partial charge < -0.3 is 25.0 Å². The second kappa shape index (κ2) is 13.3. The Hall–Kier alpha value is -4.33. The Morgan fingerprint density at radius 1 is 0.907 bits per heavy atom. The van der Waals surface area contributed by atoms with Crippen molar-refractivity contribution in [1.82, 2.24) is 0 Å². The van der Waals surface area contributed by atoms with Crippen molar-refractivity contribution in [3.63, 3.8) is 0 Å². The molecule has 0 saturated heterocycles. The number of ether oxygens (including phenoxy) is 2. The number of hydrogen-bond donors (Lipinski definition) is 2. The zero-order valence-corrected chi connectivity index (χ0v) is 26.1. The highest BCUT2D eigenvalue weighted by Crippen LogP contribution is 2.44. The third-order valence-electron chi connectivity index (χ3n) is 7.97. The Labute approximate surface area is 254 Å². The first-order valence-electron chi connectivity index (χ1n) is 14.8. The number of likely N-dealkylation sites (N-methyl/N-ethyl adjacent to an activating group) is 1. The van der Waals surface area contributed by atoms with Gasteiger partial charge in [-0.05, 0) is 87.6 Å². The van der Waals surface area contributed by atoms with Gasteiger partial charge in [0, 0.05) is 23.8 Å². The minimum atomic E-state index is -0.513. The second-order valence-corrected chi connectivity index (χ2v) is 12.4. The molecule has 43 heavy (non-hydrogen) atoms. The monoisotopic (exact) mass is 585 g/mol. The first-order chi connectivity index (χ1) is 20.4. The summed E-state index contributed by atoms with van der Waals surface area (Å²) in [6.07, 6.45) is 4.57. The molecule has 8 heteroatoms. The van der Waals surface area contributed by atoms with Crippen molar-refractivity contribution in [3.8, 4) is 5.75 Å². The van der Waals surface area contributed by atoms with Gasteiger partial charge in [-0.2, -0.15) is 0 Å². The molecule has 0 aliphatic heterocycles. The molecule has 0 unspecified atom stereocenters. The highest BCUT2D eigenvalue weighted by atomic mass is 16.6. The summed E-state index contributed by atoms with van der Waals surface area (Å²) < 4.78 is 11.2. The molecule has 2 N–H and O–H groups in total. The summed E-state index contributed by atoms with van der Waals surface area (Å²) in [5.74, 6) is 0.204. The number of hydrogen-bond acceptors (Lipinski definition) is 5. The summed E-state index contributed by atoms with van der Waals surface area (Å²) in [4.78, 5) is 40.2. The summed E-state index contributed by atoms with van der Waals surface area (Å²) in [5.41, 5.74) is 4.08. The van der Waals surface area contributed by atoms with Gasteiger partial charge in [0.25, 0.3) is 0 Å². The molecule has 3 aromatic carbocycles. The van der Waals surface area contributed by atoms with Crippen LogP contribution in [0.15, 0.2) is 66.7 Å². The number of esters is 1. The Bertz CT molecular complexity index is 1450. The van der Waals surface area contributed by atoms with Crippen LogP contribution in [0.25, 0.3) is 0 Å². The molecular weight excluding hydrogens is 542 g/mol. The third kappa shape index (κ3) is 8.15. The molecule has 0 aromatic heterocycles. The van der Waals surface area contributed by atoms with Gasteiger partial charge >= 0.3 is 12.0 Å². The fraction of sp³-hybridized carbons (Fsp3) is 0.400. The SMILES string of the molecule is COc1cc(CC(=O)N(C)c2ccc(C3(CC(=O)OC(C)(C)C)CCCC3)cc2)ccc1NC(=O)Nc1ccccc1C. The normalized spacial score (nSPS) is 14.1. The summed E-state index contributed by atoms with van der Waals surface area (Å²) in [6, 6.07) is 20.4. The topological polar surface area (TPSA) is 97.0 Å². The van der Waals surface area contributed by atoms with Crippen LogP contribution in [0.1, 0.15) is 69.6 Å². The molecule has 0 radical (unpaired) electrons. The predicted molar refractivity (Wildman–Crippen MR) is 171 cm³/mol. The van der Waals surface area contributed by atoms with Gasteiger partial charge in [-0.15, -0.1) is 0 Å². The zero-order valence-electron chi connectivity index (χ0n) is 26.1. The average Bonchev–Trinajstić information content (AvgIpc) is 3.43. The number of benzene rings is 3. The lowest BCUT2D eigenvalue weighted by molar-refractivity contribution is -0.156. The van der Waals surface area contributed by atoms with Crippen molar-refractivity contribution in [3.05, 3.63) is 83.4 Å². The van der Waals surface area contributed by atoms with Crippen LogP contribution in [0.2, 0.25) is 0 Å². The number of anilines is 3. The fourth-order valence-electron chi connectivity index (χ4n) is 5.69. The minimum absolute atomic E-state index is 0.0860. The van der Waals surface area contributed by atoms with E-state index in [1.807, 2.05) is 76.2 Å². The van der Waals surface area contributed by atoms with Gasteiger partial charge in [0.1, 0.15) is 11.4 Å². The van der Waals surface area contributed by atoms with E-state index in [9.17, 15) is 14.4 Å². The van der Waals surface area contributed by atoms with Gasteiger partial charge in [0.15, 0.2) is 0 Å². The van der Waals surface area contributed by atoms with E-state index < -0.39 is 5.60 Å². The van der Waals surface area contributed by atoms with Crippen LogP contribution in [0.5, 0.6) is 5.75 Å². The van der Waals surface area contributed by atoms with E-state index in [4.69, 9.17) is 9.47 Å². The molecule has 8 nitrogen and oxygen atoms in total. The summed E-state index contributed by atoms with van der Waals surface area (Å²) in [6.45, 7) is 7.59. The molecule has 1 fully saturated rings. The Kier molecular flexibility index (Phi) is 9.79. The molecule has 1 saturated carbocycles. The Balaban J connectivity index is 1.40. The molecule has 1 aliphatic carbocycles. The van der Waals surface area contributed by atoms with E-state index in [0.29, 0.717) is 17.9 Å². The van der Waals surface area contributed by atoms with E-state index in [0.717, 1.165) is 53.7 Å². The van der Waals surface area contributed by atoms with Crippen LogP contribution in [-0.2, 0) is 26.2 Å². The van der Waals surface area contributed by atoms with E-state index in [1.165, 1.54) is 7.11 Å². The van der Waals surface area contributed by atoms with Gasteiger partial charge in [0.05, 0.1) is 25.6 Å². The van der Waals surface area contributed by atoms with Crippen molar-refractivity contribution < 1.29 is 23.9 Å². The fourth-order valence-corrected chi connectivity index (χ4v) is 5.69. The van der Waals surface area contributed by atoms with Crippen molar-refractivity contribution >= 4 is 35.0 Å². The van der Waals surface area contributed by atoms with Crippen LogP contribution in [0.3, 0.4) is 0 Å². The molecule has 228 valence electrons. The molecule has 1 aliphatic rings. The molecule has 0 spiro atoms. The number of rotatable bonds is 9. The molecular formula is C35H43N3O5. The van der Waals surface area contributed by atoms with Gasteiger partial charge in [-0.25, -0.2) is 4.79 Å². The van der Waals surface area contributed by atoms with Gasteiger partial charge in [0.2, 0.25) is 5.91 Å². The zero-order chi connectivity index (χ0) is 31.2. The number of carbonyl (C=O) groups is 3. The predicted octanol–water partition coefficient (Wildman–Crippen LogP) is 7.40. The van der Waals surface area contributed by atoms with E-state index >= 15 is 0 Å².